The summed E-state index contributed by atoms with van der Waals surface area (Å²) >= 11 is 1.58. The number of amides is 1. The second kappa shape index (κ2) is 7.75. The molecule has 6 nitrogen and oxygen atoms in total. The highest BCUT2D eigenvalue weighted by Gasteiger charge is 2.27. The first-order valence-corrected chi connectivity index (χ1v) is 10.4. The number of benzene rings is 1. The van der Waals surface area contributed by atoms with Crippen LogP contribution in [0, 0.1) is 26.7 Å². The molecule has 3 heterocycles. The number of aryl methyl sites for hydroxylation is 3. The Hall–Kier alpha value is -2.67. The molecule has 28 heavy (non-hydrogen) atoms. The number of hydrogen-bond donors (Lipinski definition) is 1. The van der Waals surface area contributed by atoms with Crippen LogP contribution >= 0.6 is 11.3 Å². The highest BCUT2D eigenvalue weighted by atomic mass is 32.1. The van der Waals surface area contributed by atoms with Gasteiger partial charge in [0.25, 0.3) is 0 Å². The van der Waals surface area contributed by atoms with Crippen LogP contribution in [0.2, 0.25) is 0 Å². The molecule has 1 aliphatic rings. The topological polar surface area (TPSA) is 63.1 Å². The van der Waals surface area contributed by atoms with Crippen molar-refractivity contribution in [1.82, 2.24) is 14.8 Å². The maximum Gasteiger partial charge on any atom is 0.227 e. The quantitative estimate of drug-likeness (QED) is 0.722. The maximum atomic E-state index is 12.8. The highest BCUT2D eigenvalue weighted by Crippen LogP contribution is 2.29. The van der Waals surface area contributed by atoms with Gasteiger partial charge >= 0.3 is 0 Å². The van der Waals surface area contributed by atoms with Gasteiger partial charge in [0.05, 0.1) is 0 Å². The molecule has 0 saturated carbocycles. The average Bonchev–Trinajstić information content (AvgIpc) is 3.36. The fourth-order valence-electron chi connectivity index (χ4n) is 3.84. The Morgan fingerprint density at radius 2 is 1.64 bits per heavy atom. The van der Waals surface area contributed by atoms with E-state index in [1.165, 1.54) is 5.56 Å². The van der Waals surface area contributed by atoms with Gasteiger partial charge in [-0.25, -0.2) is 0 Å². The molecule has 0 bridgehead atoms. The molecular weight excluding hydrogens is 370 g/mol. The monoisotopic (exact) mass is 395 g/mol. The minimum Gasteiger partial charge on any atom is -0.347 e. The normalized spacial score (nSPS) is 15.0. The molecule has 1 aliphatic heterocycles. The van der Waals surface area contributed by atoms with Crippen LogP contribution in [-0.4, -0.2) is 33.8 Å². The van der Waals surface area contributed by atoms with Crippen molar-refractivity contribution in [3.05, 3.63) is 53.3 Å². The molecule has 0 radical (unpaired) electrons. The van der Waals surface area contributed by atoms with Gasteiger partial charge in [-0.3, -0.25) is 9.36 Å². The van der Waals surface area contributed by atoms with E-state index in [1.807, 2.05) is 29.1 Å². The zero-order valence-corrected chi connectivity index (χ0v) is 17.3. The van der Waals surface area contributed by atoms with Crippen molar-refractivity contribution >= 4 is 28.1 Å². The van der Waals surface area contributed by atoms with Crippen molar-refractivity contribution in [2.45, 2.75) is 33.6 Å². The third kappa shape index (κ3) is 3.80. The van der Waals surface area contributed by atoms with E-state index in [-0.39, 0.29) is 11.8 Å². The molecule has 0 unspecified atom stereocenters. The Kier molecular flexibility index (Phi) is 5.17. The van der Waals surface area contributed by atoms with E-state index >= 15 is 0 Å². The summed E-state index contributed by atoms with van der Waals surface area (Å²) in [6.45, 7) is 7.83. The van der Waals surface area contributed by atoms with Crippen molar-refractivity contribution in [1.29, 1.82) is 0 Å². The van der Waals surface area contributed by atoms with Crippen LogP contribution in [0.15, 0.2) is 36.7 Å². The molecule has 1 aromatic carbocycles. The molecule has 146 valence electrons. The first-order valence-electron chi connectivity index (χ1n) is 9.62. The lowest BCUT2D eigenvalue weighted by molar-refractivity contribution is -0.120. The van der Waals surface area contributed by atoms with Gasteiger partial charge in [0.2, 0.25) is 16.2 Å². The van der Waals surface area contributed by atoms with Crippen molar-refractivity contribution in [3.63, 3.8) is 0 Å². The third-order valence-electron chi connectivity index (χ3n) is 5.29. The summed E-state index contributed by atoms with van der Waals surface area (Å²) in [7, 11) is 0. The average molecular weight is 396 g/mol. The molecular formula is C21H25N5OS. The highest BCUT2D eigenvalue weighted by molar-refractivity contribution is 7.17. The fraction of sp³-hybridized carbons (Fsp3) is 0.381. The summed E-state index contributed by atoms with van der Waals surface area (Å²) in [5.74, 6) is 0.160. The van der Waals surface area contributed by atoms with E-state index in [2.05, 4.69) is 53.3 Å². The van der Waals surface area contributed by atoms with Crippen LogP contribution in [0.1, 0.15) is 29.5 Å². The minimum absolute atomic E-state index is 0.0354. The summed E-state index contributed by atoms with van der Waals surface area (Å²) in [5, 5.41) is 13.6. The largest absolute Gasteiger partial charge is 0.347 e. The second-order valence-electron chi connectivity index (χ2n) is 7.48. The van der Waals surface area contributed by atoms with Crippen molar-refractivity contribution in [3.8, 4) is 5.13 Å². The lowest BCUT2D eigenvalue weighted by Crippen LogP contribution is -2.38. The lowest BCUT2D eigenvalue weighted by Gasteiger charge is -2.31. The van der Waals surface area contributed by atoms with Gasteiger partial charge in [0, 0.05) is 37.1 Å². The Bertz CT molecular complexity index is 948. The predicted molar refractivity (Wildman–Crippen MR) is 113 cm³/mol. The van der Waals surface area contributed by atoms with Crippen molar-refractivity contribution < 1.29 is 4.79 Å². The summed E-state index contributed by atoms with van der Waals surface area (Å²) in [6.07, 6.45) is 5.59. The molecule has 2 aromatic heterocycles. The second-order valence-corrected chi connectivity index (χ2v) is 8.42. The first-order chi connectivity index (χ1) is 13.5. The molecule has 1 fully saturated rings. The van der Waals surface area contributed by atoms with Gasteiger partial charge < -0.3 is 10.2 Å². The summed E-state index contributed by atoms with van der Waals surface area (Å²) in [4.78, 5) is 15.0. The summed E-state index contributed by atoms with van der Waals surface area (Å²) in [5.41, 5.74) is 4.42. The van der Waals surface area contributed by atoms with Gasteiger partial charge in [-0.15, -0.1) is 10.2 Å². The van der Waals surface area contributed by atoms with Crippen LogP contribution < -0.4 is 10.2 Å². The zero-order chi connectivity index (χ0) is 19.7. The molecule has 3 aromatic rings. The van der Waals surface area contributed by atoms with Crippen LogP contribution in [0.25, 0.3) is 5.13 Å². The Labute approximate surface area is 169 Å². The van der Waals surface area contributed by atoms with Gasteiger partial charge in [-0.05, 0) is 56.9 Å². The van der Waals surface area contributed by atoms with Crippen LogP contribution in [0.5, 0.6) is 0 Å². The van der Waals surface area contributed by atoms with Crippen LogP contribution in [-0.2, 0) is 4.79 Å². The number of piperidine rings is 1. The van der Waals surface area contributed by atoms with E-state index in [0.29, 0.717) is 0 Å². The smallest absolute Gasteiger partial charge is 0.227 e. The molecule has 0 spiro atoms. The molecule has 1 N–H and O–H groups in total. The Morgan fingerprint density at radius 1 is 1.04 bits per heavy atom. The predicted octanol–water partition coefficient (Wildman–Crippen LogP) is 4.11. The van der Waals surface area contributed by atoms with E-state index in [0.717, 1.165) is 53.0 Å². The summed E-state index contributed by atoms with van der Waals surface area (Å²) < 4.78 is 1.97. The Morgan fingerprint density at radius 3 is 2.29 bits per heavy atom. The number of rotatable bonds is 4. The van der Waals surface area contributed by atoms with Gasteiger partial charge in [0.1, 0.15) is 0 Å². The van der Waals surface area contributed by atoms with E-state index in [9.17, 15) is 4.79 Å². The van der Waals surface area contributed by atoms with E-state index in [1.54, 1.807) is 11.3 Å². The van der Waals surface area contributed by atoms with Crippen LogP contribution in [0.3, 0.4) is 0 Å². The third-order valence-corrected chi connectivity index (χ3v) is 6.29. The molecule has 0 aliphatic carbocycles. The lowest BCUT2D eigenvalue weighted by atomic mass is 9.95. The molecule has 1 saturated heterocycles. The maximum absolute atomic E-state index is 12.8. The summed E-state index contributed by atoms with van der Waals surface area (Å²) in [6, 6.07) is 8.18. The zero-order valence-electron chi connectivity index (χ0n) is 16.5. The molecule has 4 rings (SSSR count). The van der Waals surface area contributed by atoms with Crippen LogP contribution in [0.4, 0.5) is 10.8 Å². The number of carbonyl (C=O) groups excluding carboxylic acids is 1. The van der Waals surface area contributed by atoms with E-state index in [4.69, 9.17) is 0 Å². The number of nitrogens with one attached hydrogen (secondary N) is 1. The van der Waals surface area contributed by atoms with E-state index < -0.39 is 0 Å². The number of nitrogens with zero attached hydrogens (tertiary/aromatic N) is 4. The SMILES string of the molecule is Cc1cc(C)c(NC(=O)C2CCN(c3nnc(-n4cccc4)s3)CC2)c(C)c1. The van der Waals surface area contributed by atoms with Crippen molar-refractivity contribution in [2.24, 2.45) is 5.92 Å². The fourth-order valence-corrected chi connectivity index (χ4v) is 4.70. The molecule has 7 heteroatoms. The number of hydrogen-bond acceptors (Lipinski definition) is 5. The number of anilines is 2. The Balaban J connectivity index is 1.37. The minimum atomic E-state index is 0.0354. The first kappa shape index (κ1) is 18.7. The van der Waals surface area contributed by atoms with Gasteiger partial charge in [-0.2, -0.15) is 0 Å². The standard InChI is InChI=1S/C21H25N5OS/c1-14-12-15(2)18(16(3)13-14)22-19(27)17-6-10-26(11-7-17)21-24-23-20(28-21)25-8-4-5-9-25/h4-5,8-9,12-13,17H,6-7,10-11H2,1-3H3,(H,22,27). The van der Waals surface area contributed by atoms with Gasteiger partial charge in [0.15, 0.2) is 0 Å². The number of aromatic nitrogens is 3. The van der Waals surface area contributed by atoms with Gasteiger partial charge in [-0.1, -0.05) is 29.0 Å². The van der Waals surface area contributed by atoms with Crippen molar-refractivity contribution in [2.75, 3.05) is 23.3 Å². The molecule has 0 atom stereocenters. The number of carbonyl (C=O) groups is 1. The molecule has 1 amide bonds.